The minimum Gasteiger partial charge on any atom is -0.369 e. The molecule has 2 aromatic rings. The van der Waals surface area contributed by atoms with Gasteiger partial charge in [-0.3, -0.25) is 19.0 Å². The van der Waals surface area contributed by atoms with Crippen LogP contribution < -0.4 is 11.3 Å². The van der Waals surface area contributed by atoms with Gasteiger partial charge < -0.3 is 10.6 Å². The molecule has 7 heteroatoms. The fourth-order valence-corrected chi connectivity index (χ4v) is 3.37. The number of nitrogens with two attached hydrogens (primary N) is 1. The summed E-state index contributed by atoms with van der Waals surface area (Å²) in [5, 5.41) is 0.497. The molecule has 25 heavy (non-hydrogen) atoms. The van der Waals surface area contributed by atoms with Gasteiger partial charge in [-0.2, -0.15) is 0 Å². The average Bonchev–Trinajstić information content (AvgIpc) is 2.58. The van der Waals surface area contributed by atoms with Crippen LogP contribution in [0.2, 0.25) is 0 Å². The minimum absolute atomic E-state index is 0.0227. The first-order chi connectivity index (χ1) is 11.9. The highest BCUT2D eigenvalue weighted by atomic mass is 16.2. The van der Waals surface area contributed by atoms with Crippen molar-refractivity contribution in [2.45, 2.75) is 39.3 Å². The van der Waals surface area contributed by atoms with Crippen LogP contribution in [-0.4, -0.2) is 38.9 Å². The van der Waals surface area contributed by atoms with E-state index in [4.69, 9.17) is 5.73 Å². The lowest BCUT2D eigenvalue weighted by Crippen LogP contribution is -2.50. The number of carbonyl (C=O) groups excluding carboxylic acids is 2. The smallest absolute Gasteiger partial charge is 0.261 e. The molecule has 2 amide bonds. The summed E-state index contributed by atoms with van der Waals surface area (Å²) < 4.78 is 1.32. The quantitative estimate of drug-likeness (QED) is 0.892. The number of hydrogen-bond donors (Lipinski definition) is 1. The molecule has 2 N–H and O–H groups in total. The van der Waals surface area contributed by atoms with Gasteiger partial charge in [-0.05, 0) is 38.3 Å². The van der Waals surface area contributed by atoms with Gasteiger partial charge in [0.1, 0.15) is 6.54 Å². The first-order valence-corrected chi connectivity index (χ1v) is 8.42. The Hall–Kier alpha value is -2.70. The molecule has 1 aromatic heterocycles. The summed E-state index contributed by atoms with van der Waals surface area (Å²) in [7, 11) is 0. The molecule has 0 saturated carbocycles. The fourth-order valence-electron chi connectivity index (χ4n) is 3.37. The van der Waals surface area contributed by atoms with Crippen LogP contribution in [0.15, 0.2) is 29.3 Å². The normalized spacial score (nSPS) is 20.6. The van der Waals surface area contributed by atoms with E-state index in [2.05, 4.69) is 4.98 Å². The van der Waals surface area contributed by atoms with Gasteiger partial charge in [0, 0.05) is 12.6 Å². The summed E-state index contributed by atoms with van der Waals surface area (Å²) in [4.78, 5) is 42.7. The molecule has 1 saturated heterocycles. The maximum Gasteiger partial charge on any atom is 0.261 e. The summed E-state index contributed by atoms with van der Waals surface area (Å²) in [5.41, 5.74) is 6.72. The minimum atomic E-state index is -0.385. The Bertz CT molecular complexity index is 890. The molecule has 0 aliphatic carbocycles. The highest BCUT2D eigenvalue weighted by Gasteiger charge is 2.31. The monoisotopic (exact) mass is 342 g/mol. The number of carbonyl (C=O) groups is 2. The van der Waals surface area contributed by atoms with Gasteiger partial charge >= 0.3 is 0 Å². The van der Waals surface area contributed by atoms with Gasteiger partial charge in [0.25, 0.3) is 5.56 Å². The van der Waals surface area contributed by atoms with Crippen LogP contribution in [0.25, 0.3) is 10.9 Å². The maximum absolute atomic E-state index is 12.7. The molecule has 2 atom stereocenters. The average molecular weight is 342 g/mol. The molecule has 0 radical (unpaired) electrons. The van der Waals surface area contributed by atoms with Gasteiger partial charge in [0.05, 0.1) is 23.1 Å². The highest BCUT2D eigenvalue weighted by Crippen LogP contribution is 2.22. The van der Waals surface area contributed by atoms with Crippen LogP contribution in [0, 0.1) is 12.8 Å². The molecular weight excluding hydrogens is 320 g/mol. The zero-order valence-electron chi connectivity index (χ0n) is 14.4. The predicted molar refractivity (Wildman–Crippen MR) is 93.8 cm³/mol. The third-order valence-electron chi connectivity index (χ3n) is 4.97. The largest absolute Gasteiger partial charge is 0.369 e. The molecule has 3 rings (SSSR count). The van der Waals surface area contributed by atoms with E-state index >= 15 is 0 Å². The van der Waals surface area contributed by atoms with Crippen molar-refractivity contribution in [1.29, 1.82) is 0 Å². The second kappa shape index (κ2) is 6.66. The molecule has 0 unspecified atom stereocenters. The number of benzene rings is 1. The third-order valence-corrected chi connectivity index (χ3v) is 4.97. The Kier molecular flexibility index (Phi) is 4.57. The Morgan fingerprint density at radius 1 is 1.32 bits per heavy atom. The molecule has 2 heterocycles. The van der Waals surface area contributed by atoms with Crippen LogP contribution >= 0.6 is 0 Å². The molecule has 1 aliphatic rings. The predicted octanol–water partition coefficient (Wildman–Crippen LogP) is 0.817. The summed E-state index contributed by atoms with van der Waals surface area (Å²) in [6.45, 7) is 4.05. The zero-order chi connectivity index (χ0) is 18.1. The van der Waals surface area contributed by atoms with E-state index in [1.807, 2.05) is 19.9 Å². The van der Waals surface area contributed by atoms with Crippen molar-refractivity contribution >= 4 is 22.7 Å². The number of likely N-dealkylation sites (tertiary alicyclic amines) is 1. The lowest BCUT2D eigenvalue weighted by atomic mass is 9.93. The summed E-state index contributed by atoms with van der Waals surface area (Å²) in [5.74, 6) is -0.909. The number of primary amides is 1. The van der Waals surface area contributed by atoms with Crippen molar-refractivity contribution in [2.24, 2.45) is 11.7 Å². The number of aryl methyl sites for hydroxylation is 1. The summed E-state index contributed by atoms with van der Waals surface area (Å²) in [6, 6.07) is 5.43. The second-order valence-electron chi connectivity index (χ2n) is 6.72. The SMILES string of the molecule is Cc1cccc2c(=O)n(CC(=O)N3C[C@@H](C(N)=O)CC[C@H]3C)cnc12. The van der Waals surface area contributed by atoms with Crippen molar-refractivity contribution in [2.75, 3.05) is 6.54 Å². The number of hydrogen-bond acceptors (Lipinski definition) is 4. The molecule has 1 aromatic carbocycles. The van der Waals surface area contributed by atoms with E-state index < -0.39 is 0 Å². The molecule has 132 valence electrons. The van der Waals surface area contributed by atoms with E-state index in [0.29, 0.717) is 23.9 Å². The number of nitrogens with zero attached hydrogens (tertiary/aromatic N) is 3. The van der Waals surface area contributed by atoms with Crippen molar-refractivity contribution in [3.05, 3.63) is 40.4 Å². The molecular formula is C18H22N4O3. The van der Waals surface area contributed by atoms with E-state index in [-0.39, 0.29) is 35.9 Å². The molecule has 0 spiro atoms. The van der Waals surface area contributed by atoms with Crippen LogP contribution in [0.4, 0.5) is 0 Å². The number of rotatable bonds is 3. The number of amides is 2. The second-order valence-corrected chi connectivity index (χ2v) is 6.72. The Balaban J connectivity index is 1.85. The van der Waals surface area contributed by atoms with Crippen LogP contribution in [0.5, 0.6) is 0 Å². The molecule has 1 fully saturated rings. The summed E-state index contributed by atoms with van der Waals surface area (Å²) >= 11 is 0. The third kappa shape index (κ3) is 3.26. The van der Waals surface area contributed by atoms with Gasteiger partial charge in [-0.25, -0.2) is 4.98 Å². The van der Waals surface area contributed by atoms with E-state index in [0.717, 1.165) is 12.0 Å². The van der Waals surface area contributed by atoms with Crippen LogP contribution in [-0.2, 0) is 16.1 Å². The maximum atomic E-state index is 12.7. The summed E-state index contributed by atoms with van der Waals surface area (Å²) in [6.07, 6.45) is 2.83. The van der Waals surface area contributed by atoms with E-state index in [1.165, 1.54) is 10.9 Å². The number of fused-ring (bicyclic) bond motifs is 1. The van der Waals surface area contributed by atoms with Gasteiger partial charge in [-0.1, -0.05) is 12.1 Å². The molecule has 1 aliphatic heterocycles. The number of para-hydroxylation sites is 1. The Morgan fingerprint density at radius 3 is 2.80 bits per heavy atom. The van der Waals surface area contributed by atoms with Crippen LogP contribution in [0.3, 0.4) is 0 Å². The van der Waals surface area contributed by atoms with E-state index in [1.54, 1.807) is 17.0 Å². The molecule has 7 nitrogen and oxygen atoms in total. The van der Waals surface area contributed by atoms with E-state index in [9.17, 15) is 14.4 Å². The lowest BCUT2D eigenvalue weighted by molar-refractivity contribution is -0.138. The lowest BCUT2D eigenvalue weighted by Gasteiger charge is -2.37. The van der Waals surface area contributed by atoms with Crippen LogP contribution in [0.1, 0.15) is 25.3 Å². The van der Waals surface area contributed by atoms with Gasteiger partial charge in [0.2, 0.25) is 11.8 Å². The molecule has 0 bridgehead atoms. The topological polar surface area (TPSA) is 98.3 Å². The van der Waals surface area contributed by atoms with Crippen molar-refractivity contribution in [3.63, 3.8) is 0 Å². The first kappa shape index (κ1) is 17.1. The Labute approximate surface area is 145 Å². The fraction of sp³-hybridized carbons (Fsp3) is 0.444. The van der Waals surface area contributed by atoms with Crippen molar-refractivity contribution in [3.8, 4) is 0 Å². The first-order valence-electron chi connectivity index (χ1n) is 8.42. The van der Waals surface area contributed by atoms with Crippen molar-refractivity contribution < 1.29 is 9.59 Å². The number of piperidine rings is 1. The zero-order valence-corrected chi connectivity index (χ0v) is 14.4. The van der Waals surface area contributed by atoms with Gasteiger partial charge in [-0.15, -0.1) is 0 Å². The Morgan fingerprint density at radius 2 is 2.08 bits per heavy atom. The highest BCUT2D eigenvalue weighted by molar-refractivity contribution is 5.82. The van der Waals surface area contributed by atoms with Gasteiger partial charge in [0.15, 0.2) is 0 Å². The standard InChI is InChI=1S/C18H22N4O3/c1-11-4-3-5-14-16(11)20-10-21(18(14)25)9-15(23)22-8-13(17(19)24)7-6-12(22)2/h3-5,10,12-13H,6-9H2,1-2H3,(H2,19,24)/t12-,13+/m1/s1. The number of aromatic nitrogens is 2. The van der Waals surface area contributed by atoms with Crippen molar-refractivity contribution in [1.82, 2.24) is 14.5 Å².